The van der Waals surface area contributed by atoms with Gasteiger partial charge in [0.05, 0.1) is 6.61 Å². The smallest absolute Gasteiger partial charge is 0.330 e. The van der Waals surface area contributed by atoms with Gasteiger partial charge in [-0.25, -0.2) is 4.79 Å². The summed E-state index contributed by atoms with van der Waals surface area (Å²) < 4.78 is 6.36. The van der Waals surface area contributed by atoms with Crippen LogP contribution in [0.4, 0.5) is 11.5 Å². The summed E-state index contributed by atoms with van der Waals surface area (Å²) in [6.07, 6.45) is 2.98. The van der Waals surface area contributed by atoms with E-state index in [4.69, 9.17) is 10.5 Å². The van der Waals surface area contributed by atoms with Crippen molar-refractivity contribution in [1.29, 1.82) is 0 Å². The Hall–Kier alpha value is -2.09. The first-order valence-corrected chi connectivity index (χ1v) is 8.75. The summed E-state index contributed by atoms with van der Waals surface area (Å²) in [4.78, 5) is 40.6. The molecule has 0 fully saturated rings. The van der Waals surface area contributed by atoms with Crippen LogP contribution in [-0.4, -0.2) is 35.7 Å². The number of anilines is 2. The molecule has 25 heavy (non-hydrogen) atoms. The summed E-state index contributed by atoms with van der Waals surface area (Å²) in [6, 6.07) is 0. The number of methoxy groups -OCH3 is 1. The van der Waals surface area contributed by atoms with Crippen molar-refractivity contribution in [1.82, 2.24) is 9.55 Å². The fraction of sp³-hybridized carbons (Fsp3) is 0.706. The fourth-order valence-electron chi connectivity index (χ4n) is 2.59. The summed E-state index contributed by atoms with van der Waals surface area (Å²) in [5.41, 5.74) is 4.92. The molecule has 0 aromatic carbocycles. The lowest BCUT2D eigenvalue weighted by molar-refractivity contribution is -0.118. The zero-order valence-electron chi connectivity index (χ0n) is 15.6. The lowest BCUT2D eigenvalue weighted by atomic mass is 10.2. The Bertz CT molecular complexity index is 678. The van der Waals surface area contributed by atoms with Gasteiger partial charge in [0.15, 0.2) is 5.69 Å². The van der Waals surface area contributed by atoms with Gasteiger partial charge in [-0.3, -0.25) is 19.1 Å². The van der Waals surface area contributed by atoms with Crippen LogP contribution < -0.4 is 21.9 Å². The molecule has 8 nitrogen and oxygen atoms in total. The summed E-state index contributed by atoms with van der Waals surface area (Å²) in [7, 11) is 1.52. The number of amides is 1. The van der Waals surface area contributed by atoms with Crippen LogP contribution in [-0.2, 0) is 16.1 Å². The van der Waals surface area contributed by atoms with Crippen molar-refractivity contribution < 1.29 is 9.53 Å². The second-order valence-corrected chi connectivity index (χ2v) is 6.49. The maximum absolute atomic E-state index is 12.6. The van der Waals surface area contributed by atoms with Gasteiger partial charge >= 0.3 is 5.69 Å². The number of aromatic nitrogens is 2. The molecule has 1 heterocycles. The van der Waals surface area contributed by atoms with E-state index >= 15 is 0 Å². The van der Waals surface area contributed by atoms with E-state index < -0.39 is 11.2 Å². The van der Waals surface area contributed by atoms with Gasteiger partial charge in [-0.2, -0.15) is 0 Å². The third-order valence-corrected chi connectivity index (χ3v) is 3.85. The first kappa shape index (κ1) is 21.0. The molecule has 0 saturated carbocycles. The SMILES string of the molecule is CCCCCC(=O)N(CCOC)c1c(N)n(CC(C)C)c(=O)[nH]c1=O. The zero-order valence-corrected chi connectivity index (χ0v) is 15.6. The second-order valence-electron chi connectivity index (χ2n) is 6.49. The highest BCUT2D eigenvalue weighted by molar-refractivity contribution is 5.95. The van der Waals surface area contributed by atoms with E-state index in [1.54, 1.807) is 0 Å². The Morgan fingerprint density at radius 1 is 1.32 bits per heavy atom. The van der Waals surface area contributed by atoms with Crippen LogP contribution in [0.1, 0.15) is 46.5 Å². The summed E-state index contributed by atoms with van der Waals surface area (Å²) >= 11 is 0. The van der Waals surface area contributed by atoms with E-state index in [0.717, 1.165) is 19.3 Å². The number of unbranched alkanes of at least 4 members (excludes halogenated alkanes) is 2. The molecule has 0 aliphatic carbocycles. The van der Waals surface area contributed by atoms with Crippen LogP contribution >= 0.6 is 0 Å². The second kappa shape index (κ2) is 10.0. The normalized spacial score (nSPS) is 11.1. The molecule has 0 radical (unpaired) electrons. The highest BCUT2D eigenvalue weighted by Crippen LogP contribution is 2.19. The van der Waals surface area contributed by atoms with Crippen molar-refractivity contribution in [2.75, 3.05) is 30.9 Å². The number of rotatable bonds is 10. The van der Waals surface area contributed by atoms with Crippen molar-refractivity contribution in [2.45, 2.75) is 53.0 Å². The largest absolute Gasteiger partial charge is 0.383 e. The van der Waals surface area contributed by atoms with Gasteiger partial charge < -0.3 is 15.4 Å². The van der Waals surface area contributed by atoms with Gasteiger partial charge in [-0.05, 0) is 12.3 Å². The highest BCUT2D eigenvalue weighted by Gasteiger charge is 2.23. The standard InChI is InChI=1S/C17H30N4O4/c1-5-6-7-8-13(22)20(9-10-25-4)14-15(18)21(11-12(2)3)17(24)19-16(14)23/h12H,5-11,18H2,1-4H3,(H,19,23,24). The Labute approximate surface area is 148 Å². The summed E-state index contributed by atoms with van der Waals surface area (Å²) in [5, 5.41) is 0. The van der Waals surface area contributed by atoms with Gasteiger partial charge in [0.1, 0.15) is 5.82 Å². The van der Waals surface area contributed by atoms with Crippen molar-refractivity contribution >= 4 is 17.4 Å². The van der Waals surface area contributed by atoms with Crippen molar-refractivity contribution in [3.63, 3.8) is 0 Å². The third-order valence-electron chi connectivity index (χ3n) is 3.85. The predicted octanol–water partition coefficient (Wildman–Crippen LogP) is 1.33. The maximum atomic E-state index is 12.6. The molecule has 0 unspecified atom stereocenters. The van der Waals surface area contributed by atoms with Gasteiger partial charge in [0.25, 0.3) is 5.56 Å². The van der Waals surface area contributed by atoms with Crippen molar-refractivity contribution in [2.24, 2.45) is 5.92 Å². The number of hydrogen-bond donors (Lipinski definition) is 2. The molecule has 8 heteroatoms. The monoisotopic (exact) mass is 354 g/mol. The number of carbonyl (C=O) groups is 1. The van der Waals surface area contributed by atoms with E-state index in [0.29, 0.717) is 13.0 Å². The fourth-order valence-corrected chi connectivity index (χ4v) is 2.59. The number of H-pyrrole nitrogens is 1. The van der Waals surface area contributed by atoms with Gasteiger partial charge in [-0.1, -0.05) is 33.6 Å². The molecule has 1 rings (SSSR count). The molecule has 1 aromatic rings. The van der Waals surface area contributed by atoms with E-state index in [9.17, 15) is 14.4 Å². The molecule has 0 bridgehead atoms. The number of carbonyl (C=O) groups excluding carboxylic acids is 1. The first-order valence-electron chi connectivity index (χ1n) is 8.75. The third kappa shape index (κ3) is 5.74. The number of nitrogens with zero attached hydrogens (tertiary/aromatic N) is 2. The average molecular weight is 354 g/mol. The number of aromatic amines is 1. The maximum Gasteiger partial charge on any atom is 0.330 e. The topological polar surface area (TPSA) is 110 Å². The number of nitrogen functional groups attached to an aromatic ring is 1. The quantitative estimate of drug-likeness (QED) is 0.616. The molecule has 1 amide bonds. The van der Waals surface area contributed by atoms with E-state index in [1.807, 2.05) is 13.8 Å². The lowest BCUT2D eigenvalue weighted by Crippen LogP contribution is -2.42. The van der Waals surface area contributed by atoms with Crippen molar-refractivity contribution in [3.8, 4) is 0 Å². The van der Waals surface area contributed by atoms with Crippen LogP contribution in [0.25, 0.3) is 0 Å². The van der Waals surface area contributed by atoms with Crippen molar-refractivity contribution in [3.05, 3.63) is 20.8 Å². The number of nitrogens with one attached hydrogen (secondary N) is 1. The van der Waals surface area contributed by atoms with Crippen LogP contribution in [0, 0.1) is 5.92 Å². The summed E-state index contributed by atoms with van der Waals surface area (Å²) in [5.74, 6) is -0.0220. The Morgan fingerprint density at radius 3 is 2.56 bits per heavy atom. The minimum atomic E-state index is -0.651. The number of hydrogen-bond acceptors (Lipinski definition) is 5. The lowest BCUT2D eigenvalue weighted by Gasteiger charge is -2.24. The van der Waals surface area contributed by atoms with Gasteiger partial charge in [0, 0.05) is 26.6 Å². The minimum absolute atomic E-state index is 0.0161. The highest BCUT2D eigenvalue weighted by atomic mass is 16.5. The molecule has 1 aromatic heterocycles. The van der Waals surface area contributed by atoms with Crippen LogP contribution in [0.15, 0.2) is 9.59 Å². The molecular weight excluding hydrogens is 324 g/mol. The molecule has 0 atom stereocenters. The molecule has 3 N–H and O–H groups in total. The Balaban J connectivity index is 3.30. The predicted molar refractivity (Wildman–Crippen MR) is 98.9 cm³/mol. The molecule has 0 aliphatic heterocycles. The van der Waals surface area contributed by atoms with E-state index in [2.05, 4.69) is 11.9 Å². The number of nitrogens with two attached hydrogens (primary N) is 1. The van der Waals surface area contributed by atoms with E-state index in [1.165, 1.54) is 16.6 Å². The molecule has 0 aliphatic rings. The van der Waals surface area contributed by atoms with Crippen LogP contribution in [0.3, 0.4) is 0 Å². The minimum Gasteiger partial charge on any atom is -0.383 e. The average Bonchev–Trinajstić information content (AvgIpc) is 2.54. The Kier molecular flexibility index (Phi) is 8.40. The molecule has 0 saturated heterocycles. The summed E-state index contributed by atoms with van der Waals surface area (Å²) in [6.45, 7) is 6.76. The Morgan fingerprint density at radius 2 is 2.00 bits per heavy atom. The molecule has 0 spiro atoms. The molecule has 142 valence electrons. The van der Waals surface area contributed by atoms with Gasteiger partial charge in [-0.15, -0.1) is 0 Å². The molecular formula is C17H30N4O4. The zero-order chi connectivity index (χ0) is 19.0. The van der Waals surface area contributed by atoms with Gasteiger partial charge in [0.2, 0.25) is 5.91 Å². The first-order chi connectivity index (χ1) is 11.8. The van der Waals surface area contributed by atoms with E-state index in [-0.39, 0.29) is 36.5 Å². The number of ether oxygens (including phenoxy) is 1. The van der Waals surface area contributed by atoms with Crippen LogP contribution in [0.5, 0.6) is 0 Å². The van der Waals surface area contributed by atoms with Crippen LogP contribution in [0.2, 0.25) is 0 Å².